The number of nitrogens with one attached hydrogen (secondary N) is 2. The molecule has 0 aliphatic carbocycles. The molecule has 9 heteroatoms. The highest BCUT2D eigenvalue weighted by molar-refractivity contribution is 6.36. The number of halogens is 4. The van der Waals surface area contributed by atoms with E-state index in [-0.39, 0.29) is 23.0 Å². The number of carbonyl (C=O) groups excluding carboxylic acids is 1. The zero-order valence-electron chi connectivity index (χ0n) is 17.5. The van der Waals surface area contributed by atoms with Gasteiger partial charge in [0.05, 0.1) is 6.04 Å². The average molecular weight is 463 g/mol. The SMILES string of the molecule is CCc1ccccc1NC(=O)c1nn2c(c1Cl)N[C@H](c1ccc(C)cc1)C[C@H]2C(F)(F)F. The van der Waals surface area contributed by atoms with Crippen LogP contribution in [0.1, 0.15) is 52.6 Å². The molecule has 1 aliphatic rings. The number of hydrogen-bond donors (Lipinski definition) is 2. The summed E-state index contributed by atoms with van der Waals surface area (Å²) in [5.41, 5.74) is 2.92. The van der Waals surface area contributed by atoms with Crippen molar-refractivity contribution >= 4 is 29.0 Å². The molecular weight excluding hydrogens is 441 g/mol. The fourth-order valence-corrected chi connectivity index (χ4v) is 4.15. The Bertz CT molecular complexity index is 1140. The first-order chi connectivity index (χ1) is 15.2. The molecule has 0 saturated heterocycles. The Morgan fingerprint density at radius 2 is 1.91 bits per heavy atom. The first-order valence-electron chi connectivity index (χ1n) is 10.3. The molecule has 2 heterocycles. The lowest BCUT2D eigenvalue weighted by Gasteiger charge is -2.33. The maximum Gasteiger partial charge on any atom is 0.410 e. The Morgan fingerprint density at radius 3 is 2.56 bits per heavy atom. The summed E-state index contributed by atoms with van der Waals surface area (Å²) >= 11 is 6.40. The molecule has 0 unspecified atom stereocenters. The number of carbonyl (C=O) groups is 1. The predicted molar refractivity (Wildman–Crippen MR) is 118 cm³/mol. The summed E-state index contributed by atoms with van der Waals surface area (Å²) in [5.74, 6) is -0.674. The molecule has 0 spiro atoms. The lowest BCUT2D eigenvalue weighted by atomic mass is 9.96. The van der Waals surface area contributed by atoms with Gasteiger partial charge >= 0.3 is 6.18 Å². The van der Waals surface area contributed by atoms with Crippen LogP contribution in [-0.4, -0.2) is 21.9 Å². The van der Waals surface area contributed by atoms with Gasteiger partial charge in [0.2, 0.25) is 0 Å². The molecule has 2 aromatic carbocycles. The van der Waals surface area contributed by atoms with Crippen LogP contribution in [0, 0.1) is 6.92 Å². The van der Waals surface area contributed by atoms with Gasteiger partial charge in [-0.1, -0.05) is 66.6 Å². The van der Waals surface area contributed by atoms with Crippen LogP contribution in [0.15, 0.2) is 48.5 Å². The van der Waals surface area contributed by atoms with Crippen LogP contribution in [0.4, 0.5) is 24.7 Å². The summed E-state index contributed by atoms with van der Waals surface area (Å²) in [6, 6.07) is 11.9. The molecule has 32 heavy (non-hydrogen) atoms. The summed E-state index contributed by atoms with van der Waals surface area (Å²) in [6.07, 6.45) is -4.14. The van der Waals surface area contributed by atoms with Crippen molar-refractivity contribution in [2.75, 3.05) is 10.6 Å². The van der Waals surface area contributed by atoms with E-state index in [9.17, 15) is 18.0 Å². The number of anilines is 2. The Kier molecular flexibility index (Phi) is 5.90. The molecule has 0 fully saturated rings. The first kappa shape index (κ1) is 22.2. The number of para-hydroxylation sites is 1. The zero-order chi connectivity index (χ0) is 23.0. The molecule has 1 aliphatic heterocycles. The minimum atomic E-state index is -4.56. The fourth-order valence-electron chi connectivity index (χ4n) is 3.88. The molecule has 3 aromatic rings. The normalized spacial score (nSPS) is 18.1. The van der Waals surface area contributed by atoms with Gasteiger partial charge in [-0.15, -0.1) is 0 Å². The van der Waals surface area contributed by atoms with Crippen molar-refractivity contribution < 1.29 is 18.0 Å². The number of amides is 1. The van der Waals surface area contributed by atoms with E-state index in [4.69, 9.17) is 11.6 Å². The standard InChI is InChI=1S/C23H22ClF3N4O/c1-3-14-6-4-5-7-16(14)29-22(32)20-19(24)21-28-17(15-10-8-13(2)9-11-15)12-18(23(25,26)27)31(21)30-20/h4-11,17-18,28H,3,12H2,1-2H3,(H,29,32)/t17-,18-/m0/s1. The fraction of sp³-hybridized carbons (Fsp3) is 0.304. The number of rotatable bonds is 4. The molecule has 0 radical (unpaired) electrons. The Balaban J connectivity index is 1.70. The van der Waals surface area contributed by atoms with Gasteiger partial charge in [-0.2, -0.15) is 18.3 Å². The third-order valence-electron chi connectivity index (χ3n) is 5.64. The predicted octanol–water partition coefficient (Wildman–Crippen LogP) is 6.32. The lowest BCUT2D eigenvalue weighted by molar-refractivity contribution is -0.173. The molecule has 0 bridgehead atoms. The van der Waals surface area contributed by atoms with Crippen LogP contribution in [0.3, 0.4) is 0 Å². The largest absolute Gasteiger partial charge is 0.410 e. The van der Waals surface area contributed by atoms with Crippen LogP contribution in [-0.2, 0) is 6.42 Å². The second-order valence-corrected chi connectivity index (χ2v) is 8.20. The van der Waals surface area contributed by atoms with Crippen LogP contribution >= 0.6 is 11.6 Å². The van der Waals surface area contributed by atoms with Gasteiger partial charge in [0, 0.05) is 12.1 Å². The van der Waals surface area contributed by atoms with Crippen molar-refractivity contribution in [1.82, 2.24) is 9.78 Å². The number of aryl methyl sites for hydroxylation is 2. The van der Waals surface area contributed by atoms with Crippen LogP contribution in [0.25, 0.3) is 0 Å². The second kappa shape index (κ2) is 8.50. The molecule has 2 atom stereocenters. The first-order valence-corrected chi connectivity index (χ1v) is 10.6. The van der Waals surface area contributed by atoms with Gasteiger partial charge in [-0.3, -0.25) is 4.79 Å². The van der Waals surface area contributed by atoms with Crippen LogP contribution < -0.4 is 10.6 Å². The van der Waals surface area contributed by atoms with E-state index in [1.165, 1.54) is 0 Å². The monoisotopic (exact) mass is 462 g/mol. The topological polar surface area (TPSA) is 59.0 Å². The van der Waals surface area contributed by atoms with E-state index < -0.39 is 24.2 Å². The number of fused-ring (bicyclic) bond motifs is 1. The van der Waals surface area contributed by atoms with E-state index in [2.05, 4.69) is 15.7 Å². The van der Waals surface area contributed by atoms with Crippen LogP contribution in [0.2, 0.25) is 5.02 Å². The van der Waals surface area contributed by atoms with Crippen molar-refractivity contribution in [1.29, 1.82) is 0 Å². The van der Waals surface area contributed by atoms with E-state index in [1.807, 2.05) is 38.1 Å². The molecular formula is C23H22ClF3N4O. The molecule has 1 aromatic heterocycles. The third kappa shape index (κ3) is 4.19. The maximum atomic E-state index is 13.9. The minimum absolute atomic E-state index is 0.0141. The van der Waals surface area contributed by atoms with Gasteiger partial charge in [-0.25, -0.2) is 4.68 Å². The Hall–Kier alpha value is -3.00. The summed E-state index contributed by atoms with van der Waals surface area (Å²) in [7, 11) is 0. The van der Waals surface area contributed by atoms with E-state index in [0.29, 0.717) is 17.7 Å². The van der Waals surface area contributed by atoms with Crippen molar-refractivity contribution in [3.8, 4) is 0 Å². The van der Waals surface area contributed by atoms with Gasteiger partial charge in [0.1, 0.15) is 10.8 Å². The highest BCUT2D eigenvalue weighted by Crippen LogP contribution is 2.46. The highest BCUT2D eigenvalue weighted by atomic mass is 35.5. The molecule has 2 N–H and O–H groups in total. The molecule has 0 saturated carbocycles. The van der Waals surface area contributed by atoms with Gasteiger partial charge in [-0.05, 0) is 30.5 Å². The second-order valence-electron chi connectivity index (χ2n) is 7.82. The molecule has 4 rings (SSSR count). The Morgan fingerprint density at radius 1 is 1.22 bits per heavy atom. The van der Waals surface area contributed by atoms with Gasteiger partial charge < -0.3 is 10.6 Å². The Labute approximate surface area is 188 Å². The average Bonchev–Trinajstić information content (AvgIpc) is 3.10. The zero-order valence-corrected chi connectivity index (χ0v) is 18.3. The van der Waals surface area contributed by atoms with Crippen molar-refractivity contribution in [2.24, 2.45) is 0 Å². The summed E-state index contributed by atoms with van der Waals surface area (Å²) < 4.78 is 42.6. The number of benzene rings is 2. The smallest absolute Gasteiger partial charge is 0.362 e. The number of aromatic nitrogens is 2. The van der Waals surface area contributed by atoms with Gasteiger partial charge in [0.15, 0.2) is 11.7 Å². The van der Waals surface area contributed by atoms with Crippen molar-refractivity contribution in [2.45, 2.75) is 44.9 Å². The number of hydrogen-bond acceptors (Lipinski definition) is 3. The molecule has 168 valence electrons. The summed E-state index contributed by atoms with van der Waals surface area (Å²) in [6.45, 7) is 3.85. The van der Waals surface area contributed by atoms with Crippen molar-refractivity contribution in [3.05, 3.63) is 75.9 Å². The van der Waals surface area contributed by atoms with E-state index >= 15 is 0 Å². The third-order valence-corrected chi connectivity index (χ3v) is 5.99. The van der Waals surface area contributed by atoms with Crippen LogP contribution in [0.5, 0.6) is 0 Å². The van der Waals surface area contributed by atoms with E-state index in [1.54, 1.807) is 24.3 Å². The maximum absolute atomic E-state index is 13.9. The van der Waals surface area contributed by atoms with Gasteiger partial charge in [0.25, 0.3) is 5.91 Å². The van der Waals surface area contributed by atoms with Crippen molar-refractivity contribution in [3.63, 3.8) is 0 Å². The molecule has 1 amide bonds. The quantitative estimate of drug-likeness (QED) is 0.477. The summed E-state index contributed by atoms with van der Waals surface area (Å²) in [5, 5.41) is 9.62. The number of alkyl halides is 3. The lowest BCUT2D eigenvalue weighted by Crippen LogP contribution is -2.35. The molecule has 5 nitrogen and oxygen atoms in total. The highest BCUT2D eigenvalue weighted by Gasteiger charge is 2.47. The van der Waals surface area contributed by atoms with E-state index in [0.717, 1.165) is 15.8 Å². The minimum Gasteiger partial charge on any atom is -0.362 e. The number of nitrogens with zero attached hydrogens (tertiary/aromatic N) is 2. The summed E-state index contributed by atoms with van der Waals surface area (Å²) in [4.78, 5) is 12.9.